The van der Waals surface area contributed by atoms with Crippen LogP contribution in [0.4, 0.5) is 0 Å². The molecule has 0 aliphatic carbocycles. The third-order valence-electron chi connectivity index (χ3n) is 4.20. The second kappa shape index (κ2) is 13.1. The number of ether oxygens (including phenoxy) is 4. The molecule has 0 amide bonds. The van der Waals surface area contributed by atoms with Gasteiger partial charge in [0.05, 0.1) is 32.5 Å². The molecule has 0 spiro atoms. The van der Waals surface area contributed by atoms with Gasteiger partial charge in [-0.3, -0.25) is 0 Å². The van der Waals surface area contributed by atoms with Crippen LogP contribution in [0.1, 0.15) is 0 Å². The van der Waals surface area contributed by atoms with E-state index < -0.39 is 0 Å². The van der Waals surface area contributed by atoms with E-state index in [1.165, 1.54) is 24.3 Å². The van der Waals surface area contributed by atoms with Gasteiger partial charge in [0.2, 0.25) is 0 Å². The Labute approximate surface area is 243 Å². The second-order valence-corrected chi connectivity index (χ2v) is 9.42. The summed E-state index contributed by atoms with van der Waals surface area (Å²) in [6.45, 7) is 0. The molecule has 0 bridgehead atoms. The molecule has 36 heavy (non-hydrogen) atoms. The first kappa shape index (κ1) is 28.0. The lowest BCUT2D eigenvalue weighted by Crippen LogP contribution is -2.32. The quantitative estimate of drug-likeness (QED) is 0.143. The fourth-order valence-corrected chi connectivity index (χ4v) is 4.17. The highest BCUT2D eigenvalue weighted by Crippen LogP contribution is 2.33. The molecule has 0 N–H and O–H groups in total. The predicted octanol–water partition coefficient (Wildman–Crippen LogP) is 5.55. The van der Waals surface area contributed by atoms with Crippen LogP contribution < -0.4 is 28.6 Å². The Balaban J connectivity index is 0.000000201. The van der Waals surface area contributed by atoms with Crippen molar-refractivity contribution in [1.82, 2.24) is 10.2 Å². The Bertz CT molecular complexity index is 1370. The van der Waals surface area contributed by atoms with Gasteiger partial charge in [0.15, 0.2) is 10.9 Å². The topological polar surface area (TPSA) is 117 Å². The van der Waals surface area contributed by atoms with Gasteiger partial charge in [-0.1, -0.05) is 23.7 Å². The van der Waals surface area contributed by atoms with E-state index in [-0.39, 0.29) is 22.1 Å². The lowest BCUT2D eigenvalue weighted by atomic mass is 10.3. The van der Waals surface area contributed by atoms with Crippen LogP contribution in [0.15, 0.2) is 60.7 Å². The first-order valence-electron chi connectivity index (χ1n) is 9.77. The Morgan fingerprint density at radius 1 is 0.694 bits per heavy atom. The maximum Gasteiger partial charge on any atom is 0.411 e. The molecule has 2 aromatic heterocycles. The largest absolute Gasteiger partial charge is 0.593 e. The van der Waals surface area contributed by atoms with Crippen molar-refractivity contribution in [1.29, 1.82) is 0 Å². The van der Waals surface area contributed by atoms with Crippen molar-refractivity contribution in [3.05, 3.63) is 88.5 Å². The van der Waals surface area contributed by atoms with Crippen molar-refractivity contribution in [2.45, 2.75) is 0 Å². The van der Waals surface area contributed by atoms with Crippen molar-refractivity contribution in [3.63, 3.8) is 0 Å². The summed E-state index contributed by atoms with van der Waals surface area (Å²) in [7, 11) is 3.15. The van der Waals surface area contributed by atoms with Gasteiger partial charge in [-0.25, -0.2) is 0 Å². The van der Waals surface area contributed by atoms with Crippen LogP contribution >= 0.6 is 68.4 Å². The Morgan fingerprint density at radius 3 is 1.78 bits per heavy atom. The van der Waals surface area contributed by atoms with Crippen LogP contribution in [0, 0.1) is 17.6 Å². The van der Waals surface area contributed by atoms with Gasteiger partial charge >= 0.3 is 11.0 Å². The van der Waals surface area contributed by atoms with Crippen molar-refractivity contribution in [3.8, 4) is 34.8 Å². The van der Waals surface area contributed by atoms with Crippen LogP contribution in [-0.4, -0.2) is 24.4 Å². The minimum absolute atomic E-state index is 0.0114. The molecule has 2 aromatic carbocycles. The average Bonchev–Trinajstić information content (AvgIpc) is 2.86. The van der Waals surface area contributed by atoms with E-state index in [0.717, 1.165) is 7.14 Å². The van der Waals surface area contributed by atoms with Crippen LogP contribution in [-0.2, 0) is 0 Å². The van der Waals surface area contributed by atoms with E-state index in [0.29, 0.717) is 32.7 Å². The van der Waals surface area contributed by atoms with Gasteiger partial charge in [0.1, 0.15) is 17.2 Å². The lowest BCUT2D eigenvalue weighted by Gasteiger charge is -2.09. The highest BCUT2D eigenvalue weighted by molar-refractivity contribution is 14.1. The predicted molar refractivity (Wildman–Crippen MR) is 148 cm³/mol. The van der Waals surface area contributed by atoms with Crippen LogP contribution in [0.2, 0.25) is 10.3 Å². The Morgan fingerprint density at radius 2 is 1.25 bits per heavy atom. The molecule has 0 aliphatic rings. The average molecular weight is 757 g/mol. The van der Waals surface area contributed by atoms with E-state index in [9.17, 15) is 10.4 Å². The molecule has 0 radical (unpaired) electrons. The van der Waals surface area contributed by atoms with Crippen LogP contribution in [0.5, 0.6) is 34.8 Å². The molecule has 188 valence electrons. The lowest BCUT2D eigenvalue weighted by molar-refractivity contribution is -0.673. The number of methoxy groups -OCH3 is 2. The molecule has 0 fully saturated rings. The number of aromatic nitrogens is 4. The summed E-state index contributed by atoms with van der Waals surface area (Å²) in [6.07, 6.45) is 0. The van der Waals surface area contributed by atoms with Crippen molar-refractivity contribution in [2.24, 2.45) is 0 Å². The zero-order chi connectivity index (χ0) is 26.2. The second-order valence-electron chi connectivity index (χ2n) is 6.48. The molecular weight excluding hydrogens is 741 g/mol. The summed E-state index contributed by atoms with van der Waals surface area (Å²) < 4.78 is 22.9. The summed E-state index contributed by atoms with van der Waals surface area (Å²) in [6, 6.07) is 16.6. The van der Waals surface area contributed by atoms with Crippen LogP contribution in [0.3, 0.4) is 0 Å². The molecule has 0 saturated carbocycles. The standard InChI is InChI=1S/2C11H8ClIN2O3/c1-17-7-3-2-4-8(11(7)13)18-10-6-5-9(12)15(16)14-10;1-17-7-3-2-4-8(11(7)13)18-10-6-5-9(12)14-15(10)16/h2*2-6H,1H3. The third-order valence-corrected chi connectivity index (χ3v) is 6.80. The number of halogens is 4. The maximum atomic E-state index is 11.5. The van der Waals surface area contributed by atoms with E-state index >= 15 is 0 Å². The summed E-state index contributed by atoms with van der Waals surface area (Å²) in [4.78, 5) is 0.627. The normalized spacial score (nSPS) is 10.2. The number of hydrogen-bond donors (Lipinski definition) is 0. The molecular formula is C22H16Cl2I2N4O6. The molecule has 4 aromatic rings. The number of nitrogens with zero attached hydrogens (tertiary/aromatic N) is 4. The summed E-state index contributed by atoms with van der Waals surface area (Å²) in [5.74, 6) is 2.66. The van der Waals surface area contributed by atoms with E-state index in [2.05, 4.69) is 55.4 Å². The van der Waals surface area contributed by atoms with Gasteiger partial charge in [-0.05, 0) is 96.8 Å². The smallest absolute Gasteiger partial charge is 0.411 e. The van der Waals surface area contributed by atoms with Gasteiger partial charge < -0.3 is 29.4 Å². The molecule has 14 heteroatoms. The highest BCUT2D eigenvalue weighted by Gasteiger charge is 2.15. The molecule has 0 aliphatic heterocycles. The van der Waals surface area contributed by atoms with Gasteiger partial charge in [-0.15, -0.1) is 0 Å². The fraction of sp³-hybridized carbons (Fsp3) is 0.0909. The number of hydrogen-bond acceptors (Lipinski definition) is 8. The van der Waals surface area contributed by atoms with E-state index in [4.69, 9.17) is 42.1 Å². The van der Waals surface area contributed by atoms with Crippen molar-refractivity contribution < 1.29 is 28.6 Å². The molecule has 0 saturated heterocycles. The maximum absolute atomic E-state index is 11.5. The number of benzene rings is 2. The molecule has 0 unspecified atom stereocenters. The van der Waals surface area contributed by atoms with Crippen molar-refractivity contribution >= 4 is 68.4 Å². The fourth-order valence-electron chi connectivity index (χ4n) is 2.55. The van der Waals surface area contributed by atoms with E-state index in [1.807, 2.05) is 6.07 Å². The summed E-state index contributed by atoms with van der Waals surface area (Å²) in [5.41, 5.74) is 0. The Kier molecular flexibility index (Phi) is 10.2. The molecule has 2 heterocycles. The first-order valence-corrected chi connectivity index (χ1v) is 12.7. The zero-order valence-electron chi connectivity index (χ0n) is 18.5. The minimum atomic E-state index is -0.0114. The van der Waals surface area contributed by atoms with Gasteiger partial charge in [0, 0.05) is 17.2 Å². The van der Waals surface area contributed by atoms with E-state index in [1.54, 1.807) is 44.6 Å². The monoisotopic (exact) mass is 756 g/mol. The number of rotatable bonds is 6. The zero-order valence-corrected chi connectivity index (χ0v) is 24.4. The molecule has 0 atom stereocenters. The summed E-state index contributed by atoms with van der Waals surface area (Å²) in [5, 5.41) is 29.9. The summed E-state index contributed by atoms with van der Waals surface area (Å²) >= 11 is 15.3. The minimum Gasteiger partial charge on any atom is -0.593 e. The third kappa shape index (κ3) is 7.24. The first-order chi connectivity index (χ1) is 17.2. The SMILES string of the molecule is COc1cccc(Oc2ccc(Cl)[n+]([O-])n2)c1I.COc1cccc(Oc2ccc(Cl)n[n+]2[O-])c1I. The van der Waals surface area contributed by atoms with Crippen LogP contribution in [0.25, 0.3) is 0 Å². The Hall–Kier alpha value is -2.56. The van der Waals surface area contributed by atoms with Gasteiger partial charge in [-0.2, -0.15) is 0 Å². The van der Waals surface area contributed by atoms with Gasteiger partial charge in [0.25, 0.3) is 5.88 Å². The molecule has 4 rings (SSSR count). The molecule has 10 nitrogen and oxygen atoms in total. The van der Waals surface area contributed by atoms with Crippen molar-refractivity contribution in [2.75, 3.05) is 14.2 Å². The highest BCUT2D eigenvalue weighted by atomic mass is 127.